The number of hydrogen-bond donors (Lipinski definition) is 0. The van der Waals surface area contributed by atoms with Crippen LogP contribution in [0.25, 0.3) is 11.4 Å². The molecule has 0 spiro atoms. The Morgan fingerprint density at radius 1 is 1.08 bits per heavy atom. The van der Waals surface area contributed by atoms with Crippen molar-refractivity contribution < 1.29 is 4.74 Å². The minimum absolute atomic E-state index is 0.381. The zero-order valence-electron chi connectivity index (χ0n) is 15.3. The van der Waals surface area contributed by atoms with Crippen molar-refractivity contribution in [3.05, 3.63) is 59.9 Å². The lowest BCUT2D eigenvalue weighted by Crippen LogP contribution is -2.21. The second kappa shape index (κ2) is 9.26. The van der Waals surface area contributed by atoms with Gasteiger partial charge in [0.1, 0.15) is 0 Å². The van der Waals surface area contributed by atoms with Crippen LogP contribution in [0.1, 0.15) is 56.1 Å². The fourth-order valence-corrected chi connectivity index (χ4v) is 3.38. The van der Waals surface area contributed by atoms with E-state index in [2.05, 4.69) is 35.1 Å². The van der Waals surface area contributed by atoms with Gasteiger partial charge in [0.25, 0.3) is 0 Å². The van der Waals surface area contributed by atoms with Gasteiger partial charge < -0.3 is 4.74 Å². The van der Waals surface area contributed by atoms with E-state index in [9.17, 15) is 0 Å². The monoisotopic (exact) mass is 347 g/mol. The third-order valence-corrected chi connectivity index (χ3v) is 4.92. The van der Waals surface area contributed by atoms with Gasteiger partial charge in [0.05, 0.1) is 24.3 Å². The van der Waals surface area contributed by atoms with E-state index < -0.39 is 0 Å². The molecule has 3 rings (SSSR count). The van der Waals surface area contributed by atoms with E-state index in [-0.39, 0.29) is 0 Å². The highest BCUT2D eigenvalue weighted by Gasteiger charge is 2.23. The number of hydrogen-bond acceptors (Lipinski definition) is 4. The van der Waals surface area contributed by atoms with Crippen LogP contribution in [0, 0.1) is 11.3 Å². The van der Waals surface area contributed by atoms with Gasteiger partial charge in [-0.3, -0.25) is 0 Å². The summed E-state index contributed by atoms with van der Waals surface area (Å²) in [5.41, 5.74) is 2.80. The van der Waals surface area contributed by atoms with Crippen molar-refractivity contribution in [2.45, 2.75) is 51.0 Å². The SMILES string of the molecule is CCC=CCOC1CCC(c2cnc(-c3ccc(C#N)cc3)nc2)CC1. The number of nitrogens with zero attached hydrogens (tertiary/aromatic N) is 3. The molecule has 1 aromatic carbocycles. The minimum atomic E-state index is 0.381. The second-order valence-electron chi connectivity index (χ2n) is 6.72. The molecule has 0 aliphatic heterocycles. The Bertz CT molecular complexity index is 751. The Morgan fingerprint density at radius 2 is 1.77 bits per heavy atom. The van der Waals surface area contributed by atoms with Crippen LogP contribution in [0.4, 0.5) is 0 Å². The molecular formula is C22H25N3O. The topological polar surface area (TPSA) is 58.8 Å². The van der Waals surface area contributed by atoms with Gasteiger partial charge in [-0.1, -0.05) is 19.1 Å². The van der Waals surface area contributed by atoms with E-state index in [4.69, 9.17) is 10.00 Å². The molecular weight excluding hydrogens is 322 g/mol. The first-order valence-corrected chi connectivity index (χ1v) is 9.39. The molecule has 26 heavy (non-hydrogen) atoms. The predicted octanol–water partition coefficient (Wildman–Crippen LogP) is 5.02. The molecule has 4 nitrogen and oxygen atoms in total. The fraction of sp³-hybridized carbons (Fsp3) is 0.409. The molecule has 1 saturated carbocycles. The summed E-state index contributed by atoms with van der Waals surface area (Å²) in [4.78, 5) is 9.07. The molecule has 2 aromatic rings. The lowest BCUT2D eigenvalue weighted by Gasteiger charge is -2.28. The number of aromatic nitrogens is 2. The van der Waals surface area contributed by atoms with Gasteiger partial charge in [0.15, 0.2) is 5.82 Å². The number of allylic oxidation sites excluding steroid dienone is 1. The molecule has 0 unspecified atom stereocenters. The van der Waals surface area contributed by atoms with Crippen molar-refractivity contribution in [2.75, 3.05) is 6.61 Å². The Labute approximate surface area is 155 Å². The van der Waals surface area contributed by atoms with Gasteiger partial charge in [-0.15, -0.1) is 0 Å². The summed E-state index contributed by atoms with van der Waals surface area (Å²) in [6, 6.07) is 9.50. The molecule has 0 radical (unpaired) electrons. The number of ether oxygens (including phenoxy) is 1. The molecule has 1 fully saturated rings. The van der Waals surface area contributed by atoms with Crippen LogP contribution in [-0.2, 0) is 4.74 Å². The normalized spacial score (nSPS) is 20.2. The summed E-state index contributed by atoms with van der Waals surface area (Å²) >= 11 is 0. The first-order valence-electron chi connectivity index (χ1n) is 9.39. The van der Waals surface area contributed by atoms with Crippen LogP contribution in [0.3, 0.4) is 0 Å². The van der Waals surface area contributed by atoms with Crippen LogP contribution in [0.2, 0.25) is 0 Å². The Morgan fingerprint density at radius 3 is 2.38 bits per heavy atom. The highest BCUT2D eigenvalue weighted by Crippen LogP contribution is 2.33. The summed E-state index contributed by atoms with van der Waals surface area (Å²) in [5.74, 6) is 1.23. The first kappa shape index (κ1) is 18.3. The highest BCUT2D eigenvalue weighted by atomic mass is 16.5. The maximum atomic E-state index is 8.88. The second-order valence-corrected chi connectivity index (χ2v) is 6.72. The Kier molecular flexibility index (Phi) is 6.51. The van der Waals surface area contributed by atoms with Gasteiger partial charge >= 0.3 is 0 Å². The largest absolute Gasteiger partial charge is 0.374 e. The van der Waals surface area contributed by atoms with Crippen LogP contribution >= 0.6 is 0 Å². The summed E-state index contributed by atoms with van der Waals surface area (Å²) < 4.78 is 5.92. The lowest BCUT2D eigenvalue weighted by molar-refractivity contribution is 0.0421. The fourth-order valence-electron chi connectivity index (χ4n) is 3.38. The third-order valence-electron chi connectivity index (χ3n) is 4.92. The van der Waals surface area contributed by atoms with E-state index in [1.807, 2.05) is 24.5 Å². The summed E-state index contributed by atoms with van der Waals surface area (Å²) in [6.07, 6.45) is 14.1. The van der Waals surface area contributed by atoms with Crippen molar-refractivity contribution in [1.82, 2.24) is 9.97 Å². The standard InChI is InChI=1S/C22H25N3O/c1-2-3-4-13-26-21-11-9-18(10-12-21)20-15-24-22(25-16-20)19-7-5-17(14-23)6-8-19/h3-8,15-16,18,21H,2,9-13H2,1H3. The van der Waals surface area contributed by atoms with E-state index >= 15 is 0 Å². The highest BCUT2D eigenvalue weighted by molar-refractivity contribution is 5.56. The van der Waals surface area contributed by atoms with E-state index in [0.29, 0.717) is 23.4 Å². The van der Waals surface area contributed by atoms with E-state index in [0.717, 1.165) is 44.3 Å². The molecule has 1 aliphatic carbocycles. The van der Waals surface area contributed by atoms with Gasteiger partial charge in [0, 0.05) is 18.0 Å². The molecule has 0 N–H and O–H groups in total. The summed E-state index contributed by atoms with van der Waals surface area (Å²) in [7, 11) is 0. The third kappa shape index (κ3) is 4.77. The van der Waals surface area contributed by atoms with E-state index in [1.54, 1.807) is 12.1 Å². The average Bonchev–Trinajstić information content (AvgIpc) is 2.72. The van der Waals surface area contributed by atoms with Crippen LogP contribution in [0.15, 0.2) is 48.8 Å². The Balaban J connectivity index is 1.54. The number of nitriles is 1. The molecule has 4 heteroatoms. The molecule has 0 amide bonds. The zero-order chi connectivity index (χ0) is 18.2. The van der Waals surface area contributed by atoms with Crippen molar-refractivity contribution in [3.63, 3.8) is 0 Å². The average molecular weight is 347 g/mol. The molecule has 1 aliphatic rings. The lowest BCUT2D eigenvalue weighted by atomic mass is 9.84. The van der Waals surface area contributed by atoms with Gasteiger partial charge in [-0.05, 0) is 67.9 Å². The molecule has 134 valence electrons. The van der Waals surface area contributed by atoms with Crippen LogP contribution in [-0.4, -0.2) is 22.7 Å². The maximum absolute atomic E-state index is 8.88. The van der Waals surface area contributed by atoms with Crippen molar-refractivity contribution in [3.8, 4) is 17.5 Å². The molecule has 1 heterocycles. The maximum Gasteiger partial charge on any atom is 0.159 e. The van der Waals surface area contributed by atoms with Gasteiger partial charge in [-0.2, -0.15) is 5.26 Å². The van der Waals surface area contributed by atoms with Crippen LogP contribution < -0.4 is 0 Å². The molecule has 0 atom stereocenters. The zero-order valence-corrected chi connectivity index (χ0v) is 15.3. The Hall–Kier alpha value is -2.51. The molecule has 0 saturated heterocycles. The van der Waals surface area contributed by atoms with E-state index in [1.165, 1.54) is 5.56 Å². The number of rotatable bonds is 6. The van der Waals surface area contributed by atoms with Crippen molar-refractivity contribution >= 4 is 0 Å². The van der Waals surface area contributed by atoms with Crippen molar-refractivity contribution in [1.29, 1.82) is 5.26 Å². The first-order chi connectivity index (χ1) is 12.8. The quantitative estimate of drug-likeness (QED) is 0.688. The summed E-state index contributed by atoms with van der Waals surface area (Å²) in [5, 5.41) is 8.88. The predicted molar refractivity (Wildman–Crippen MR) is 103 cm³/mol. The molecule has 1 aromatic heterocycles. The number of benzene rings is 1. The van der Waals surface area contributed by atoms with Gasteiger partial charge in [0.2, 0.25) is 0 Å². The minimum Gasteiger partial charge on any atom is -0.374 e. The molecule has 0 bridgehead atoms. The van der Waals surface area contributed by atoms with Crippen molar-refractivity contribution in [2.24, 2.45) is 0 Å². The van der Waals surface area contributed by atoms with Gasteiger partial charge in [-0.25, -0.2) is 9.97 Å². The smallest absolute Gasteiger partial charge is 0.159 e. The van der Waals surface area contributed by atoms with Crippen LogP contribution in [0.5, 0.6) is 0 Å². The summed E-state index contributed by atoms with van der Waals surface area (Å²) in [6.45, 7) is 2.86.